The number of aliphatic imine (C=N–C) groups is 1. The molecule has 2 aromatic heterocycles. The van der Waals surface area contributed by atoms with Gasteiger partial charge < -0.3 is 21.2 Å². The molecule has 5 N–H and O–H groups in total. The van der Waals surface area contributed by atoms with Gasteiger partial charge in [-0.1, -0.05) is 20.8 Å². The van der Waals surface area contributed by atoms with Crippen LogP contribution in [0.3, 0.4) is 0 Å². The fourth-order valence-electron chi connectivity index (χ4n) is 2.65. The Balaban J connectivity index is 2.12. The predicted octanol–water partition coefficient (Wildman–Crippen LogP) is 1.73. The molecular formula is C17H23N7O. The van der Waals surface area contributed by atoms with E-state index in [9.17, 15) is 0 Å². The first-order valence-electron chi connectivity index (χ1n) is 8.05. The third kappa shape index (κ3) is 3.33. The third-order valence-electron chi connectivity index (χ3n) is 4.01. The second-order valence-corrected chi connectivity index (χ2v) is 6.97. The van der Waals surface area contributed by atoms with Crippen molar-refractivity contribution in [3.63, 3.8) is 0 Å². The van der Waals surface area contributed by atoms with Crippen molar-refractivity contribution in [2.24, 2.45) is 10.7 Å². The monoisotopic (exact) mass is 341 g/mol. The molecule has 2 aromatic rings. The van der Waals surface area contributed by atoms with E-state index in [1.165, 1.54) is 0 Å². The number of imidazole rings is 1. The maximum absolute atomic E-state index is 5.87. The fourth-order valence-corrected chi connectivity index (χ4v) is 2.65. The van der Waals surface area contributed by atoms with E-state index in [1.807, 2.05) is 6.08 Å². The summed E-state index contributed by atoms with van der Waals surface area (Å²) in [6.07, 6.45) is 3.58. The third-order valence-corrected chi connectivity index (χ3v) is 4.01. The molecule has 1 atom stereocenters. The van der Waals surface area contributed by atoms with Crippen molar-refractivity contribution in [3.8, 4) is 11.4 Å². The van der Waals surface area contributed by atoms with Gasteiger partial charge >= 0.3 is 0 Å². The molecule has 132 valence electrons. The number of methoxy groups -OCH3 is 1. The first-order chi connectivity index (χ1) is 11.8. The average molecular weight is 341 g/mol. The number of hydrogen-bond donors (Lipinski definition) is 3. The lowest BCUT2D eigenvalue weighted by molar-refractivity contribution is 0.309. The second kappa shape index (κ2) is 6.19. The number of hydrogen-bond acceptors (Lipinski definition) is 7. The van der Waals surface area contributed by atoms with Crippen LogP contribution in [-0.2, 0) is 10.2 Å². The summed E-state index contributed by atoms with van der Waals surface area (Å²) in [6, 6.07) is 1.80. The van der Waals surface area contributed by atoms with E-state index in [1.54, 1.807) is 19.4 Å². The van der Waals surface area contributed by atoms with Gasteiger partial charge in [0.2, 0.25) is 5.95 Å². The molecule has 8 heteroatoms. The SMILES string of the molecule is COC1=CC(c2[nH]c(C(C)(C)C)nc2-c2ccnc(N)n2)CN=C1N. The zero-order valence-corrected chi connectivity index (χ0v) is 14.9. The van der Waals surface area contributed by atoms with E-state index in [2.05, 4.69) is 40.7 Å². The number of nitrogens with zero attached hydrogens (tertiary/aromatic N) is 4. The lowest BCUT2D eigenvalue weighted by Gasteiger charge is -2.18. The maximum Gasteiger partial charge on any atom is 0.220 e. The maximum atomic E-state index is 5.87. The summed E-state index contributed by atoms with van der Waals surface area (Å²) in [5.74, 6) is 2.00. The van der Waals surface area contributed by atoms with Gasteiger partial charge in [0.15, 0.2) is 11.6 Å². The van der Waals surface area contributed by atoms with Gasteiger partial charge in [0.25, 0.3) is 0 Å². The number of aromatic nitrogens is 4. The number of dihydropyridines is 1. The fraction of sp³-hybridized carbons (Fsp3) is 0.412. The minimum atomic E-state index is -0.143. The van der Waals surface area contributed by atoms with Gasteiger partial charge in [-0.3, -0.25) is 4.99 Å². The Kier molecular flexibility index (Phi) is 4.20. The number of nitrogen functional groups attached to an aromatic ring is 1. The summed E-state index contributed by atoms with van der Waals surface area (Å²) < 4.78 is 5.32. The molecule has 0 bridgehead atoms. The van der Waals surface area contributed by atoms with Gasteiger partial charge in [0.05, 0.1) is 25.0 Å². The van der Waals surface area contributed by atoms with E-state index in [0.717, 1.165) is 17.2 Å². The standard InChI is InChI=1S/C17H23N7O/c1-17(2,3)15-23-12(9-7-11(25-4)14(18)21-8-9)13(24-15)10-5-6-20-16(19)22-10/h5-7,9H,8H2,1-4H3,(H2,18,21)(H,23,24)(H2,19,20,22). The summed E-state index contributed by atoms with van der Waals surface area (Å²) >= 11 is 0. The minimum Gasteiger partial charge on any atom is -0.493 e. The highest BCUT2D eigenvalue weighted by molar-refractivity contribution is 5.96. The molecule has 8 nitrogen and oxygen atoms in total. The van der Waals surface area contributed by atoms with E-state index < -0.39 is 0 Å². The average Bonchev–Trinajstić information content (AvgIpc) is 3.01. The molecule has 1 unspecified atom stereocenters. The molecule has 1 aliphatic heterocycles. The second-order valence-electron chi connectivity index (χ2n) is 6.97. The molecule has 0 aliphatic carbocycles. The Morgan fingerprint density at radius 1 is 1.24 bits per heavy atom. The van der Waals surface area contributed by atoms with E-state index in [0.29, 0.717) is 23.8 Å². The van der Waals surface area contributed by atoms with Gasteiger partial charge in [-0.05, 0) is 12.1 Å². The largest absolute Gasteiger partial charge is 0.493 e. The van der Waals surface area contributed by atoms with Crippen LogP contribution in [0.2, 0.25) is 0 Å². The van der Waals surface area contributed by atoms with Crippen LogP contribution in [0.15, 0.2) is 29.1 Å². The first kappa shape index (κ1) is 16.9. The number of rotatable bonds is 3. The van der Waals surface area contributed by atoms with Crippen molar-refractivity contribution in [1.82, 2.24) is 19.9 Å². The van der Waals surface area contributed by atoms with Crippen LogP contribution < -0.4 is 11.5 Å². The topological polar surface area (TPSA) is 128 Å². The van der Waals surface area contributed by atoms with Crippen LogP contribution in [0.1, 0.15) is 38.2 Å². The lowest BCUT2D eigenvalue weighted by atomic mass is 9.96. The van der Waals surface area contributed by atoms with Crippen LogP contribution >= 0.6 is 0 Å². The van der Waals surface area contributed by atoms with Crippen LogP contribution in [-0.4, -0.2) is 39.4 Å². The van der Waals surface area contributed by atoms with Crippen LogP contribution in [0.5, 0.6) is 0 Å². The van der Waals surface area contributed by atoms with Crippen molar-refractivity contribution in [2.45, 2.75) is 32.1 Å². The summed E-state index contributed by atoms with van der Waals surface area (Å²) in [5.41, 5.74) is 13.8. The normalized spacial score (nSPS) is 17.8. The van der Waals surface area contributed by atoms with Crippen molar-refractivity contribution in [3.05, 3.63) is 35.6 Å². The zero-order chi connectivity index (χ0) is 18.2. The summed E-state index contributed by atoms with van der Waals surface area (Å²) in [7, 11) is 1.58. The van der Waals surface area contributed by atoms with Crippen molar-refractivity contribution < 1.29 is 4.74 Å². The van der Waals surface area contributed by atoms with Crippen LogP contribution in [0, 0.1) is 0 Å². The highest BCUT2D eigenvalue weighted by Gasteiger charge is 2.27. The highest BCUT2D eigenvalue weighted by Crippen LogP contribution is 2.33. The van der Waals surface area contributed by atoms with Gasteiger partial charge in [-0.25, -0.2) is 15.0 Å². The summed E-state index contributed by atoms with van der Waals surface area (Å²) in [5, 5.41) is 0. The number of ether oxygens (including phenoxy) is 1. The number of nitrogens with one attached hydrogen (secondary N) is 1. The number of amidine groups is 1. The van der Waals surface area contributed by atoms with Gasteiger partial charge in [-0.15, -0.1) is 0 Å². The van der Waals surface area contributed by atoms with Gasteiger partial charge in [-0.2, -0.15) is 0 Å². The molecule has 0 fully saturated rings. The predicted molar refractivity (Wildman–Crippen MR) is 97.0 cm³/mol. The zero-order valence-electron chi connectivity index (χ0n) is 14.9. The Bertz CT molecular complexity index is 845. The van der Waals surface area contributed by atoms with Crippen molar-refractivity contribution in [2.75, 3.05) is 19.4 Å². The Hall–Kier alpha value is -2.90. The van der Waals surface area contributed by atoms with Gasteiger partial charge in [0, 0.05) is 17.5 Å². The van der Waals surface area contributed by atoms with Crippen molar-refractivity contribution >= 4 is 11.8 Å². The molecule has 0 amide bonds. The van der Waals surface area contributed by atoms with E-state index in [-0.39, 0.29) is 17.3 Å². The highest BCUT2D eigenvalue weighted by atomic mass is 16.5. The summed E-state index contributed by atoms with van der Waals surface area (Å²) in [6.45, 7) is 6.81. The molecule has 3 rings (SSSR count). The minimum absolute atomic E-state index is 0.0444. The Morgan fingerprint density at radius 2 is 2.00 bits per heavy atom. The smallest absolute Gasteiger partial charge is 0.220 e. The molecule has 0 spiro atoms. The van der Waals surface area contributed by atoms with E-state index in [4.69, 9.17) is 21.2 Å². The summed E-state index contributed by atoms with van der Waals surface area (Å²) in [4.78, 5) is 20.9. The molecule has 1 aliphatic rings. The quantitative estimate of drug-likeness (QED) is 0.780. The number of H-pyrrole nitrogens is 1. The molecule has 0 radical (unpaired) electrons. The Morgan fingerprint density at radius 3 is 2.64 bits per heavy atom. The molecule has 0 saturated carbocycles. The molecule has 25 heavy (non-hydrogen) atoms. The number of aromatic amines is 1. The lowest BCUT2D eigenvalue weighted by Crippen LogP contribution is -2.23. The van der Waals surface area contributed by atoms with Crippen LogP contribution in [0.25, 0.3) is 11.4 Å². The first-order valence-corrected chi connectivity index (χ1v) is 8.05. The van der Waals surface area contributed by atoms with Crippen molar-refractivity contribution in [1.29, 1.82) is 0 Å². The molecule has 0 saturated heterocycles. The van der Waals surface area contributed by atoms with E-state index >= 15 is 0 Å². The Labute approximate surface area is 146 Å². The van der Waals surface area contributed by atoms with Gasteiger partial charge in [0.1, 0.15) is 11.5 Å². The molecule has 0 aromatic carbocycles. The number of nitrogens with two attached hydrogens (primary N) is 2. The number of anilines is 1. The molecular weight excluding hydrogens is 318 g/mol. The molecule has 3 heterocycles. The van der Waals surface area contributed by atoms with Crippen LogP contribution in [0.4, 0.5) is 5.95 Å².